The minimum absolute atomic E-state index is 0.0549. The van der Waals surface area contributed by atoms with Gasteiger partial charge in [0.25, 0.3) is 5.69 Å². The number of carbonyl (C=O) groups is 2. The minimum Gasteiger partial charge on any atom is -0.450 e. The molecule has 0 saturated carbocycles. The molecule has 5 N–H and O–H groups in total. The lowest BCUT2D eigenvalue weighted by molar-refractivity contribution is -0.384. The van der Waals surface area contributed by atoms with E-state index in [4.69, 9.17) is 11.5 Å². The van der Waals surface area contributed by atoms with Crippen LogP contribution >= 0.6 is 0 Å². The molecule has 9 heteroatoms. The molecule has 0 spiro atoms. The van der Waals surface area contributed by atoms with Gasteiger partial charge in [-0.15, -0.1) is 0 Å². The molecule has 0 aliphatic rings. The number of nitrogens with zero attached hydrogens (tertiary/aromatic N) is 1. The number of nitrogens with one attached hydrogen (secondary N) is 1. The maximum absolute atomic E-state index is 11.0. The predicted octanol–water partition coefficient (Wildman–Crippen LogP) is 0.591. The van der Waals surface area contributed by atoms with Crippen molar-refractivity contribution in [2.75, 3.05) is 18.5 Å². The van der Waals surface area contributed by atoms with Crippen LogP contribution < -0.4 is 16.8 Å². The third-order valence-electron chi connectivity index (χ3n) is 2.36. The Morgan fingerprint density at radius 1 is 1.35 bits per heavy atom. The van der Waals surface area contributed by atoms with Crippen LogP contribution in [0.25, 0.3) is 0 Å². The standard InChI is InChI=1S/C11H14N4O5/c12-10(16)7-2-3-8(9(6-7)15(18)19)14-4-1-5-20-11(13)17/h2-3,6,14H,1,4-5H2,(H2,12,16)(H2,13,17). The number of anilines is 1. The number of nitrogens with two attached hydrogens (primary N) is 2. The van der Waals surface area contributed by atoms with Crippen molar-refractivity contribution in [3.05, 3.63) is 33.9 Å². The van der Waals surface area contributed by atoms with E-state index in [1.54, 1.807) is 0 Å². The monoisotopic (exact) mass is 282 g/mol. The van der Waals surface area contributed by atoms with Crippen molar-refractivity contribution in [3.8, 4) is 0 Å². The molecule has 0 bridgehead atoms. The van der Waals surface area contributed by atoms with Crippen LogP contribution in [0, 0.1) is 10.1 Å². The average Bonchev–Trinajstić information content (AvgIpc) is 2.37. The third-order valence-corrected chi connectivity index (χ3v) is 2.36. The van der Waals surface area contributed by atoms with Crippen molar-refractivity contribution in [1.29, 1.82) is 0 Å². The van der Waals surface area contributed by atoms with Gasteiger partial charge in [0.1, 0.15) is 5.69 Å². The lowest BCUT2D eigenvalue weighted by Gasteiger charge is -2.07. The van der Waals surface area contributed by atoms with E-state index < -0.39 is 16.9 Å². The number of nitro groups is 1. The summed E-state index contributed by atoms with van der Waals surface area (Å²) in [6.45, 7) is 0.444. The number of rotatable bonds is 7. The quantitative estimate of drug-likeness (QED) is 0.378. The molecule has 108 valence electrons. The van der Waals surface area contributed by atoms with E-state index in [0.29, 0.717) is 13.0 Å². The lowest BCUT2D eigenvalue weighted by atomic mass is 10.1. The van der Waals surface area contributed by atoms with E-state index in [1.807, 2.05) is 0 Å². The molecule has 1 rings (SSSR count). The van der Waals surface area contributed by atoms with Gasteiger partial charge in [-0.2, -0.15) is 0 Å². The first-order chi connectivity index (χ1) is 9.41. The minimum atomic E-state index is -0.873. The van der Waals surface area contributed by atoms with E-state index in [-0.39, 0.29) is 23.5 Å². The summed E-state index contributed by atoms with van der Waals surface area (Å²) in [5.41, 5.74) is 9.89. The number of primary amides is 2. The fraction of sp³-hybridized carbons (Fsp3) is 0.273. The molecule has 0 fully saturated rings. The van der Waals surface area contributed by atoms with Gasteiger partial charge in [-0.05, 0) is 18.6 Å². The van der Waals surface area contributed by atoms with Crippen LogP contribution in [0.15, 0.2) is 18.2 Å². The molecule has 0 aliphatic carbocycles. The van der Waals surface area contributed by atoms with Gasteiger partial charge in [0, 0.05) is 18.2 Å². The number of hydrogen-bond donors (Lipinski definition) is 3. The zero-order valence-electron chi connectivity index (χ0n) is 10.5. The Morgan fingerprint density at radius 3 is 2.60 bits per heavy atom. The zero-order chi connectivity index (χ0) is 15.1. The number of hydrogen-bond acceptors (Lipinski definition) is 6. The van der Waals surface area contributed by atoms with Gasteiger partial charge in [-0.1, -0.05) is 0 Å². The summed E-state index contributed by atoms with van der Waals surface area (Å²) in [4.78, 5) is 31.6. The van der Waals surface area contributed by atoms with Crippen molar-refractivity contribution in [2.24, 2.45) is 11.5 Å². The summed E-state index contributed by atoms with van der Waals surface area (Å²) < 4.78 is 4.51. The summed E-state index contributed by atoms with van der Waals surface area (Å²) in [7, 11) is 0. The van der Waals surface area contributed by atoms with E-state index in [9.17, 15) is 19.7 Å². The van der Waals surface area contributed by atoms with Gasteiger partial charge in [-0.25, -0.2) is 4.79 Å². The number of ether oxygens (including phenoxy) is 1. The molecule has 0 radical (unpaired) electrons. The van der Waals surface area contributed by atoms with E-state index >= 15 is 0 Å². The van der Waals surface area contributed by atoms with E-state index in [2.05, 4.69) is 10.1 Å². The molecule has 0 saturated heterocycles. The molecule has 1 aromatic carbocycles. The maximum atomic E-state index is 11.0. The van der Waals surface area contributed by atoms with Gasteiger partial charge < -0.3 is 21.5 Å². The molecular weight excluding hydrogens is 268 g/mol. The highest BCUT2D eigenvalue weighted by atomic mass is 16.6. The van der Waals surface area contributed by atoms with Gasteiger partial charge in [0.15, 0.2) is 0 Å². The lowest BCUT2D eigenvalue weighted by Crippen LogP contribution is -2.16. The smallest absolute Gasteiger partial charge is 0.404 e. The largest absolute Gasteiger partial charge is 0.450 e. The number of benzene rings is 1. The number of amides is 2. The maximum Gasteiger partial charge on any atom is 0.404 e. The molecule has 20 heavy (non-hydrogen) atoms. The molecular formula is C11H14N4O5. The van der Waals surface area contributed by atoms with Crippen molar-refractivity contribution in [1.82, 2.24) is 0 Å². The van der Waals surface area contributed by atoms with Gasteiger partial charge >= 0.3 is 6.09 Å². The molecule has 0 aromatic heterocycles. The highest BCUT2D eigenvalue weighted by Crippen LogP contribution is 2.25. The second-order valence-electron chi connectivity index (χ2n) is 3.80. The van der Waals surface area contributed by atoms with E-state index in [0.717, 1.165) is 6.07 Å². The van der Waals surface area contributed by atoms with Crippen molar-refractivity contribution < 1.29 is 19.2 Å². The highest BCUT2D eigenvalue weighted by Gasteiger charge is 2.16. The van der Waals surface area contributed by atoms with Crippen molar-refractivity contribution in [2.45, 2.75) is 6.42 Å². The van der Waals surface area contributed by atoms with Crippen LogP contribution in [0.4, 0.5) is 16.2 Å². The number of carbonyl (C=O) groups excluding carboxylic acids is 2. The van der Waals surface area contributed by atoms with Crippen LogP contribution in [0.2, 0.25) is 0 Å². The van der Waals surface area contributed by atoms with Crippen LogP contribution in [-0.4, -0.2) is 30.1 Å². The fourth-order valence-corrected chi connectivity index (χ4v) is 1.45. The summed E-state index contributed by atoms with van der Waals surface area (Å²) in [5, 5.41) is 13.7. The first kappa shape index (κ1) is 15.2. The first-order valence-corrected chi connectivity index (χ1v) is 5.66. The molecule has 0 atom stereocenters. The average molecular weight is 282 g/mol. The van der Waals surface area contributed by atoms with Crippen LogP contribution in [0.3, 0.4) is 0 Å². The van der Waals surface area contributed by atoms with Crippen LogP contribution in [-0.2, 0) is 4.74 Å². The molecule has 2 amide bonds. The van der Waals surface area contributed by atoms with Gasteiger partial charge in [-0.3, -0.25) is 14.9 Å². The molecule has 1 aromatic rings. The Morgan fingerprint density at radius 2 is 2.05 bits per heavy atom. The first-order valence-electron chi connectivity index (χ1n) is 5.66. The summed E-state index contributed by atoms with van der Waals surface area (Å²) in [6.07, 6.45) is -0.445. The zero-order valence-corrected chi connectivity index (χ0v) is 10.5. The Kier molecular flexibility index (Phi) is 5.27. The Bertz CT molecular complexity index is 532. The summed E-state index contributed by atoms with van der Waals surface area (Å²) >= 11 is 0. The second-order valence-corrected chi connectivity index (χ2v) is 3.80. The predicted molar refractivity (Wildman–Crippen MR) is 70.3 cm³/mol. The van der Waals surface area contributed by atoms with E-state index in [1.165, 1.54) is 12.1 Å². The Labute approximate surface area is 114 Å². The molecule has 0 aliphatic heterocycles. The highest BCUT2D eigenvalue weighted by molar-refractivity contribution is 5.94. The van der Waals surface area contributed by atoms with Crippen LogP contribution in [0.5, 0.6) is 0 Å². The topological polar surface area (TPSA) is 151 Å². The van der Waals surface area contributed by atoms with Crippen molar-refractivity contribution >= 4 is 23.4 Å². The summed E-state index contributed by atoms with van der Waals surface area (Å²) in [5.74, 6) is -0.741. The Balaban J connectivity index is 2.67. The van der Waals surface area contributed by atoms with Crippen molar-refractivity contribution in [3.63, 3.8) is 0 Å². The van der Waals surface area contributed by atoms with Gasteiger partial charge in [0.05, 0.1) is 11.5 Å². The second kappa shape index (κ2) is 6.92. The number of nitro benzene ring substituents is 1. The summed E-state index contributed by atoms with van der Waals surface area (Å²) in [6, 6.07) is 3.88. The molecule has 0 heterocycles. The fourth-order valence-electron chi connectivity index (χ4n) is 1.45. The normalized spacial score (nSPS) is 9.80. The molecule has 9 nitrogen and oxygen atoms in total. The van der Waals surface area contributed by atoms with Crippen LogP contribution in [0.1, 0.15) is 16.8 Å². The third kappa shape index (κ3) is 4.44. The van der Waals surface area contributed by atoms with Gasteiger partial charge in [0.2, 0.25) is 5.91 Å². The molecule has 0 unspecified atom stereocenters. The SMILES string of the molecule is NC(=O)OCCCNc1ccc(C(N)=O)cc1[N+](=O)[O-]. The Hall–Kier alpha value is -2.84.